The molecule has 0 aromatic carbocycles. The third-order valence-electron chi connectivity index (χ3n) is 3.99. The van der Waals surface area contributed by atoms with Crippen LogP contribution in [-0.2, 0) is 4.79 Å². The van der Waals surface area contributed by atoms with E-state index in [1.165, 1.54) is 5.56 Å². The van der Waals surface area contributed by atoms with E-state index < -0.39 is 5.97 Å². The van der Waals surface area contributed by atoms with Crippen LogP contribution in [0.25, 0.3) is 0 Å². The molecule has 0 radical (unpaired) electrons. The number of aromatic nitrogens is 1. The number of carboxylic acids is 1. The maximum absolute atomic E-state index is 10.5. The van der Waals surface area contributed by atoms with Crippen LogP contribution in [0.1, 0.15) is 31.4 Å². The fraction of sp³-hybridized carbons (Fsp3) is 0.600. The lowest BCUT2D eigenvalue weighted by Crippen LogP contribution is -2.47. The van der Waals surface area contributed by atoms with Gasteiger partial charge in [-0.25, -0.2) is 0 Å². The molecule has 0 spiro atoms. The molecule has 1 saturated heterocycles. The second kappa shape index (κ2) is 7.36. The van der Waals surface area contributed by atoms with Crippen LogP contribution in [0.5, 0.6) is 0 Å². The highest BCUT2D eigenvalue weighted by Crippen LogP contribution is 2.20. The van der Waals surface area contributed by atoms with Gasteiger partial charge in [-0.3, -0.25) is 14.7 Å². The maximum Gasteiger partial charge on any atom is 0.303 e. The third-order valence-corrected chi connectivity index (χ3v) is 3.99. The lowest BCUT2D eigenvalue weighted by atomic mass is 10.1. The second-order valence-electron chi connectivity index (χ2n) is 5.34. The molecule has 0 bridgehead atoms. The van der Waals surface area contributed by atoms with E-state index in [-0.39, 0.29) is 6.42 Å². The molecular weight excluding hydrogens is 254 g/mol. The Labute approximate surface area is 120 Å². The van der Waals surface area contributed by atoms with E-state index in [2.05, 4.69) is 27.8 Å². The Morgan fingerprint density at radius 1 is 1.40 bits per heavy atom. The maximum atomic E-state index is 10.5. The molecule has 20 heavy (non-hydrogen) atoms. The molecule has 1 aliphatic heterocycles. The molecule has 1 aliphatic rings. The number of nitrogens with zero attached hydrogens (tertiary/aromatic N) is 3. The molecule has 110 valence electrons. The van der Waals surface area contributed by atoms with Crippen LogP contribution in [0.3, 0.4) is 0 Å². The van der Waals surface area contributed by atoms with Crippen molar-refractivity contribution in [1.82, 2.24) is 14.8 Å². The van der Waals surface area contributed by atoms with Crippen LogP contribution in [0, 0.1) is 0 Å². The second-order valence-corrected chi connectivity index (χ2v) is 5.34. The third kappa shape index (κ3) is 4.28. The summed E-state index contributed by atoms with van der Waals surface area (Å²) >= 11 is 0. The van der Waals surface area contributed by atoms with E-state index >= 15 is 0 Å². The Bertz CT molecular complexity index is 416. The summed E-state index contributed by atoms with van der Waals surface area (Å²) in [5.74, 6) is -0.700. The SMILES string of the molecule is CC(c1cccnc1)N1CCN(CCCC(=O)O)CC1. The van der Waals surface area contributed by atoms with E-state index in [4.69, 9.17) is 5.11 Å². The topological polar surface area (TPSA) is 56.7 Å². The van der Waals surface area contributed by atoms with Crippen molar-refractivity contribution < 1.29 is 9.90 Å². The number of hydrogen-bond donors (Lipinski definition) is 1. The largest absolute Gasteiger partial charge is 0.481 e. The van der Waals surface area contributed by atoms with Crippen LogP contribution in [0.2, 0.25) is 0 Å². The highest BCUT2D eigenvalue weighted by Gasteiger charge is 2.21. The van der Waals surface area contributed by atoms with E-state index in [0.717, 1.165) is 39.1 Å². The summed E-state index contributed by atoms with van der Waals surface area (Å²) in [7, 11) is 0. The first-order valence-corrected chi connectivity index (χ1v) is 7.25. The Hall–Kier alpha value is -1.46. The number of pyridine rings is 1. The molecule has 1 aromatic rings. The zero-order chi connectivity index (χ0) is 14.4. The first-order chi connectivity index (χ1) is 9.66. The molecule has 5 heteroatoms. The Balaban J connectivity index is 1.75. The van der Waals surface area contributed by atoms with Crippen molar-refractivity contribution in [1.29, 1.82) is 0 Å². The molecule has 1 N–H and O–H groups in total. The van der Waals surface area contributed by atoms with Crippen molar-refractivity contribution in [3.8, 4) is 0 Å². The van der Waals surface area contributed by atoms with E-state index in [1.807, 2.05) is 12.3 Å². The molecular formula is C15H23N3O2. The number of carbonyl (C=O) groups is 1. The van der Waals surface area contributed by atoms with Crippen molar-refractivity contribution in [3.05, 3.63) is 30.1 Å². The highest BCUT2D eigenvalue weighted by molar-refractivity contribution is 5.66. The van der Waals surface area contributed by atoms with Gasteiger partial charge in [-0.1, -0.05) is 6.07 Å². The molecule has 0 amide bonds. The van der Waals surface area contributed by atoms with Gasteiger partial charge in [0.1, 0.15) is 0 Å². The van der Waals surface area contributed by atoms with Gasteiger partial charge in [0.2, 0.25) is 0 Å². The number of carboxylic acid groups (broad SMARTS) is 1. The van der Waals surface area contributed by atoms with Crippen LogP contribution in [-0.4, -0.2) is 58.6 Å². The summed E-state index contributed by atoms with van der Waals surface area (Å²) in [6.45, 7) is 7.21. The number of hydrogen-bond acceptors (Lipinski definition) is 4. The van der Waals surface area contributed by atoms with E-state index in [1.54, 1.807) is 6.20 Å². The van der Waals surface area contributed by atoms with Crippen LogP contribution in [0.15, 0.2) is 24.5 Å². The molecule has 5 nitrogen and oxygen atoms in total. The first-order valence-electron chi connectivity index (χ1n) is 7.25. The number of piperazine rings is 1. The standard InChI is InChI=1S/C15H23N3O2/c1-13(14-4-2-6-16-12-14)18-10-8-17(9-11-18)7-3-5-15(19)20/h2,4,6,12-13H,3,5,7-11H2,1H3,(H,19,20). The fourth-order valence-corrected chi connectivity index (χ4v) is 2.66. The average molecular weight is 277 g/mol. The normalized spacial score (nSPS) is 18.9. The summed E-state index contributed by atoms with van der Waals surface area (Å²) in [6, 6.07) is 4.50. The smallest absolute Gasteiger partial charge is 0.303 e. The van der Waals surface area contributed by atoms with Crippen LogP contribution >= 0.6 is 0 Å². The van der Waals surface area contributed by atoms with Gasteiger partial charge in [-0.2, -0.15) is 0 Å². The van der Waals surface area contributed by atoms with Crippen molar-refractivity contribution >= 4 is 5.97 Å². The highest BCUT2D eigenvalue weighted by atomic mass is 16.4. The minimum Gasteiger partial charge on any atom is -0.481 e. The molecule has 1 unspecified atom stereocenters. The molecule has 2 rings (SSSR count). The fourth-order valence-electron chi connectivity index (χ4n) is 2.66. The van der Waals surface area contributed by atoms with Gasteiger partial charge >= 0.3 is 5.97 Å². The van der Waals surface area contributed by atoms with Crippen molar-refractivity contribution in [2.24, 2.45) is 0 Å². The molecule has 0 aliphatic carbocycles. The van der Waals surface area contributed by atoms with Gasteiger partial charge < -0.3 is 10.0 Å². The van der Waals surface area contributed by atoms with Gasteiger partial charge in [-0.05, 0) is 31.5 Å². The molecule has 1 aromatic heterocycles. The quantitative estimate of drug-likeness (QED) is 0.856. The lowest BCUT2D eigenvalue weighted by Gasteiger charge is -2.38. The summed E-state index contributed by atoms with van der Waals surface area (Å²) in [5, 5.41) is 8.65. The minimum atomic E-state index is -0.700. The monoisotopic (exact) mass is 277 g/mol. The molecule has 1 fully saturated rings. The summed E-state index contributed by atoms with van der Waals surface area (Å²) < 4.78 is 0. The summed E-state index contributed by atoms with van der Waals surface area (Å²) in [4.78, 5) is 19.5. The van der Waals surface area contributed by atoms with Crippen molar-refractivity contribution in [2.45, 2.75) is 25.8 Å². The molecule has 0 saturated carbocycles. The van der Waals surface area contributed by atoms with Crippen molar-refractivity contribution in [3.63, 3.8) is 0 Å². The molecule has 2 heterocycles. The lowest BCUT2D eigenvalue weighted by molar-refractivity contribution is -0.137. The van der Waals surface area contributed by atoms with Crippen LogP contribution < -0.4 is 0 Å². The Kier molecular flexibility index (Phi) is 5.49. The summed E-state index contributed by atoms with van der Waals surface area (Å²) in [5.41, 5.74) is 1.26. The van der Waals surface area contributed by atoms with Gasteiger partial charge in [0.15, 0.2) is 0 Å². The van der Waals surface area contributed by atoms with Gasteiger partial charge in [-0.15, -0.1) is 0 Å². The van der Waals surface area contributed by atoms with Gasteiger partial charge in [0.05, 0.1) is 0 Å². The average Bonchev–Trinajstić information content (AvgIpc) is 2.48. The van der Waals surface area contributed by atoms with Crippen molar-refractivity contribution in [2.75, 3.05) is 32.7 Å². The van der Waals surface area contributed by atoms with E-state index in [0.29, 0.717) is 6.04 Å². The number of rotatable bonds is 6. The predicted molar refractivity (Wildman–Crippen MR) is 77.5 cm³/mol. The van der Waals surface area contributed by atoms with Gasteiger partial charge in [0.25, 0.3) is 0 Å². The summed E-state index contributed by atoms with van der Waals surface area (Å²) in [6.07, 6.45) is 4.75. The number of aliphatic carboxylic acids is 1. The minimum absolute atomic E-state index is 0.270. The molecule has 1 atom stereocenters. The Morgan fingerprint density at radius 2 is 2.15 bits per heavy atom. The zero-order valence-electron chi connectivity index (χ0n) is 12.0. The Morgan fingerprint density at radius 3 is 2.75 bits per heavy atom. The predicted octanol–water partition coefficient (Wildman–Crippen LogP) is 1.63. The van der Waals surface area contributed by atoms with E-state index in [9.17, 15) is 4.79 Å². The van der Waals surface area contributed by atoms with Crippen LogP contribution in [0.4, 0.5) is 0 Å². The van der Waals surface area contributed by atoms with Gasteiger partial charge in [0, 0.05) is 51.0 Å². The first kappa shape index (κ1) is 14.9. The zero-order valence-corrected chi connectivity index (χ0v) is 12.0.